The Kier molecular flexibility index (Phi) is 8.13. The van der Waals surface area contributed by atoms with Gasteiger partial charge in [-0.1, -0.05) is 74.0 Å². The van der Waals surface area contributed by atoms with Crippen LogP contribution in [-0.2, 0) is 17.8 Å². The largest absolute Gasteiger partial charge is 0.389 e. The van der Waals surface area contributed by atoms with Gasteiger partial charge in [0, 0.05) is 26.2 Å². The quantitative estimate of drug-likeness (QED) is 0.708. The van der Waals surface area contributed by atoms with Gasteiger partial charge >= 0.3 is 0 Å². The van der Waals surface area contributed by atoms with Crippen LogP contribution >= 0.6 is 0 Å². The van der Waals surface area contributed by atoms with Crippen LogP contribution in [0.4, 0.5) is 0 Å². The third-order valence-corrected chi connectivity index (χ3v) is 4.01. The van der Waals surface area contributed by atoms with E-state index in [2.05, 4.69) is 74.2 Å². The van der Waals surface area contributed by atoms with Gasteiger partial charge in [0.25, 0.3) is 0 Å². The van der Waals surface area contributed by atoms with Gasteiger partial charge in [-0.25, -0.2) is 0 Å². The highest BCUT2D eigenvalue weighted by Crippen LogP contribution is 2.12. The fraction of sp³-hybridized carbons (Fsp3) is 0.455. The van der Waals surface area contributed by atoms with Gasteiger partial charge < -0.3 is 9.84 Å². The second-order valence-electron chi connectivity index (χ2n) is 7.23. The number of benzene rings is 2. The second-order valence-corrected chi connectivity index (χ2v) is 7.23. The topological polar surface area (TPSA) is 32.7 Å². The molecule has 3 heteroatoms. The molecule has 1 atom stereocenters. The molecule has 0 radical (unpaired) electrons. The molecule has 0 heterocycles. The molecular formula is C22H31NO2. The van der Waals surface area contributed by atoms with Crippen molar-refractivity contribution in [3.05, 3.63) is 71.3 Å². The Morgan fingerprint density at radius 1 is 0.880 bits per heavy atom. The second kappa shape index (κ2) is 10.3. The lowest BCUT2D eigenvalue weighted by atomic mass is 10.1. The molecule has 2 aromatic carbocycles. The van der Waals surface area contributed by atoms with Crippen LogP contribution in [0.5, 0.6) is 0 Å². The van der Waals surface area contributed by atoms with E-state index in [9.17, 15) is 5.11 Å². The van der Waals surface area contributed by atoms with E-state index in [1.807, 2.05) is 6.07 Å². The maximum atomic E-state index is 10.4. The fourth-order valence-corrected chi connectivity index (χ4v) is 2.77. The summed E-state index contributed by atoms with van der Waals surface area (Å²) in [5.74, 6) is 0.486. The van der Waals surface area contributed by atoms with Crippen LogP contribution in [0.25, 0.3) is 0 Å². The maximum absolute atomic E-state index is 10.4. The Bertz CT molecular complexity index is 595. The SMILES string of the molecule is Cc1ccc(CN(Cc2ccccc2)CC(O)COCC(C)C)cc1. The molecule has 0 fully saturated rings. The Morgan fingerprint density at radius 2 is 1.48 bits per heavy atom. The van der Waals surface area contributed by atoms with Crippen molar-refractivity contribution in [1.82, 2.24) is 4.90 Å². The van der Waals surface area contributed by atoms with Crippen molar-refractivity contribution >= 4 is 0 Å². The summed E-state index contributed by atoms with van der Waals surface area (Å²) in [5.41, 5.74) is 3.78. The van der Waals surface area contributed by atoms with Crippen LogP contribution in [0.15, 0.2) is 54.6 Å². The third-order valence-electron chi connectivity index (χ3n) is 4.01. The van der Waals surface area contributed by atoms with E-state index < -0.39 is 6.10 Å². The van der Waals surface area contributed by atoms with Crippen LogP contribution in [0.2, 0.25) is 0 Å². The molecule has 2 aromatic rings. The van der Waals surface area contributed by atoms with Gasteiger partial charge in [0.2, 0.25) is 0 Å². The standard InChI is InChI=1S/C22H31NO2/c1-18(2)16-25-17-22(24)15-23(13-20-7-5-4-6-8-20)14-21-11-9-19(3)10-12-21/h4-12,18,22,24H,13-17H2,1-3H3. The highest BCUT2D eigenvalue weighted by molar-refractivity contribution is 5.21. The highest BCUT2D eigenvalue weighted by atomic mass is 16.5. The molecule has 1 N–H and O–H groups in total. The molecule has 0 aliphatic heterocycles. The lowest BCUT2D eigenvalue weighted by Crippen LogP contribution is -2.34. The van der Waals surface area contributed by atoms with E-state index in [0.717, 1.165) is 13.1 Å². The number of aliphatic hydroxyl groups excluding tert-OH is 1. The van der Waals surface area contributed by atoms with Crippen molar-refractivity contribution in [1.29, 1.82) is 0 Å². The zero-order chi connectivity index (χ0) is 18.1. The molecule has 136 valence electrons. The van der Waals surface area contributed by atoms with Gasteiger partial charge in [0.1, 0.15) is 0 Å². The predicted molar refractivity (Wildman–Crippen MR) is 103 cm³/mol. The van der Waals surface area contributed by atoms with Crippen molar-refractivity contribution in [3.8, 4) is 0 Å². The summed E-state index contributed by atoms with van der Waals surface area (Å²) in [4.78, 5) is 2.28. The van der Waals surface area contributed by atoms with Crippen molar-refractivity contribution in [2.45, 2.75) is 40.0 Å². The predicted octanol–water partition coefficient (Wildman–Crippen LogP) is 4.03. The van der Waals surface area contributed by atoms with Gasteiger partial charge in [-0.05, 0) is 24.0 Å². The zero-order valence-corrected chi connectivity index (χ0v) is 15.7. The fourth-order valence-electron chi connectivity index (χ4n) is 2.77. The van der Waals surface area contributed by atoms with Crippen LogP contribution in [0.1, 0.15) is 30.5 Å². The molecule has 3 nitrogen and oxygen atoms in total. The first-order valence-corrected chi connectivity index (χ1v) is 9.10. The molecule has 25 heavy (non-hydrogen) atoms. The number of nitrogens with zero attached hydrogens (tertiary/aromatic N) is 1. The minimum Gasteiger partial charge on any atom is -0.389 e. The number of aryl methyl sites for hydroxylation is 1. The van der Waals surface area contributed by atoms with Crippen molar-refractivity contribution < 1.29 is 9.84 Å². The summed E-state index contributed by atoms with van der Waals surface area (Å²) in [6.45, 7) is 9.64. The highest BCUT2D eigenvalue weighted by Gasteiger charge is 2.13. The number of hydrogen-bond acceptors (Lipinski definition) is 3. The molecule has 0 aromatic heterocycles. The first-order valence-electron chi connectivity index (χ1n) is 9.10. The van der Waals surface area contributed by atoms with Crippen molar-refractivity contribution in [3.63, 3.8) is 0 Å². The normalized spacial score (nSPS) is 12.7. The van der Waals surface area contributed by atoms with Crippen LogP contribution in [0.3, 0.4) is 0 Å². The molecular weight excluding hydrogens is 310 g/mol. The molecule has 0 amide bonds. The summed E-state index contributed by atoms with van der Waals surface area (Å²) in [6, 6.07) is 19.0. The number of ether oxygens (including phenoxy) is 1. The molecule has 0 bridgehead atoms. The van der Waals surface area contributed by atoms with E-state index in [1.165, 1.54) is 16.7 Å². The summed E-state index contributed by atoms with van der Waals surface area (Å²) in [7, 11) is 0. The maximum Gasteiger partial charge on any atom is 0.0900 e. The zero-order valence-electron chi connectivity index (χ0n) is 15.7. The smallest absolute Gasteiger partial charge is 0.0900 e. The van der Waals surface area contributed by atoms with E-state index in [-0.39, 0.29) is 0 Å². The Balaban J connectivity index is 1.96. The van der Waals surface area contributed by atoms with Gasteiger partial charge in [0.05, 0.1) is 12.7 Å². The molecule has 0 aliphatic carbocycles. The lowest BCUT2D eigenvalue weighted by molar-refractivity contribution is 0.00554. The number of hydrogen-bond donors (Lipinski definition) is 1. The minimum absolute atomic E-state index is 0.386. The number of rotatable bonds is 10. The van der Waals surface area contributed by atoms with Gasteiger partial charge in [0.15, 0.2) is 0 Å². The van der Waals surface area contributed by atoms with Crippen LogP contribution < -0.4 is 0 Å². The molecule has 2 rings (SSSR count). The average Bonchev–Trinajstić information content (AvgIpc) is 2.57. The first-order chi connectivity index (χ1) is 12.0. The summed E-state index contributed by atoms with van der Waals surface area (Å²) in [5, 5.41) is 10.4. The molecule has 0 spiro atoms. The average molecular weight is 341 g/mol. The van der Waals surface area contributed by atoms with Gasteiger partial charge in [-0.2, -0.15) is 0 Å². The van der Waals surface area contributed by atoms with Crippen molar-refractivity contribution in [2.75, 3.05) is 19.8 Å². The first kappa shape index (κ1) is 19.6. The summed E-state index contributed by atoms with van der Waals surface area (Å²) >= 11 is 0. The minimum atomic E-state index is -0.479. The summed E-state index contributed by atoms with van der Waals surface area (Å²) < 4.78 is 5.60. The Hall–Kier alpha value is -1.68. The molecule has 0 saturated carbocycles. The number of aliphatic hydroxyl groups is 1. The van der Waals surface area contributed by atoms with E-state index in [4.69, 9.17) is 4.74 Å². The molecule has 0 aliphatic rings. The molecule has 0 saturated heterocycles. The third kappa shape index (κ3) is 7.82. The van der Waals surface area contributed by atoms with Crippen LogP contribution in [-0.4, -0.2) is 35.9 Å². The van der Waals surface area contributed by atoms with E-state index in [0.29, 0.717) is 25.7 Å². The van der Waals surface area contributed by atoms with Crippen molar-refractivity contribution in [2.24, 2.45) is 5.92 Å². The Morgan fingerprint density at radius 3 is 2.08 bits per heavy atom. The Labute approximate surface area is 152 Å². The van der Waals surface area contributed by atoms with Gasteiger partial charge in [-0.15, -0.1) is 0 Å². The van der Waals surface area contributed by atoms with E-state index in [1.54, 1.807) is 0 Å². The van der Waals surface area contributed by atoms with Crippen LogP contribution in [0, 0.1) is 12.8 Å². The van der Waals surface area contributed by atoms with E-state index >= 15 is 0 Å². The lowest BCUT2D eigenvalue weighted by Gasteiger charge is -2.25. The molecule has 1 unspecified atom stereocenters. The summed E-state index contributed by atoms with van der Waals surface area (Å²) in [6.07, 6.45) is -0.479. The monoisotopic (exact) mass is 341 g/mol. The van der Waals surface area contributed by atoms with Gasteiger partial charge in [-0.3, -0.25) is 4.90 Å².